The summed E-state index contributed by atoms with van der Waals surface area (Å²) in [5.41, 5.74) is 1.48. The van der Waals surface area contributed by atoms with E-state index in [1.165, 1.54) is 18.9 Å². The Morgan fingerprint density at radius 1 is 1.38 bits per heavy atom. The lowest BCUT2D eigenvalue weighted by molar-refractivity contribution is 0.618. The number of hydrogen-bond donors (Lipinski definition) is 1. The maximum Gasteiger partial charge on any atom is 0.181 e. The molecule has 0 aliphatic heterocycles. The van der Waals surface area contributed by atoms with Crippen LogP contribution in [-0.4, -0.2) is 15.2 Å². The molecule has 1 N–H and O–H groups in total. The molecule has 0 bridgehead atoms. The molecule has 1 fully saturated rings. The first-order valence-electron chi connectivity index (χ1n) is 5.43. The van der Waals surface area contributed by atoms with Crippen molar-refractivity contribution in [2.24, 2.45) is 0 Å². The minimum atomic E-state index is -0.193. The molecule has 4 heteroatoms. The number of halogens is 1. The molecular weight excluding hydrogens is 205 g/mol. The zero-order valence-electron chi connectivity index (χ0n) is 9.00. The smallest absolute Gasteiger partial charge is 0.181 e. The minimum absolute atomic E-state index is 0.193. The Balaban J connectivity index is 1.97. The third-order valence-corrected chi connectivity index (χ3v) is 2.88. The predicted octanol–water partition coefficient (Wildman–Crippen LogP) is 2.80. The number of nitrogens with one attached hydrogen (secondary N) is 1. The largest absolute Gasteiger partial charge is 0.262 e. The SMILES string of the molecule is Cc1cc(-c2n[nH]c(C3CC3)n2)ccc1F. The summed E-state index contributed by atoms with van der Waals surface area (Å²) in [4.78, 5) is 4.42. The van der Waals surface area contributed by atoms with Gasteiger partial charge in [0.05, 0.1) is 0 Å². The zero-order chi connectivity index (χ0) is 11.1. The van der Waals surface area contributed by atoms with Crippen molar-refractivity contribution >= 4 is 0 Å². The predicted molar refractivity (Wildman–Crippen MR) is 58.5 cm³/mol. The monoisotopic (exact) mass is 217 g/mol. The first kappa shape index (κ1) is 9.51. The van der Waals surface area contributed by atoms with Crippen LogP contribution in [0.4, 0.5) is 4.39 Å². The van der Waals surface area contributed by atoms with Crippen molar-refractivity contribution < 1.29 is 4.39 Å². The highest BCUT2D eigenvalue weighted by Gasteiger charge is 2.27. The van der Waals surface area contributed by atoms with Gasteiger partial charge in [-0.15, -0.1) is 0 Å². The minimum Gasteiger partial charge on any atom is -0.262 e. The van der Waals surface area contributed by atoms with Gasteiger partial charge in [0, 0.05) is 11.5 Å². The van der Waals surface area contributed by atoms with E-state index in [-0.39, 0.29) is 5.82 Å². The van der Waals surface area contributed by atoms with Crippen molar-refractivity contribution in [2.75, 3.05) is 0 Å². The summed E-state index contributed by atoms with van der Waals surface area (Å²) in [6.45, 7) is 1.74. The van der Waals surface area contributed by atoms with Crippen LogP contribution in [0.1, 0.15) is 30.1 Å². The van der Waals surface area contributed by atoms with Gasteiger partial charge in [0.15, 0.2) is 5.82 Å². The van der Waals surface area contributed by atoms with E-state index in [4.69, 9.17) is 0 Å². The van der Waals surface area contributed by atoms with Crippen molar-refractivity contribution in [3.8, 4) is 11.4 Å². The summed E-state index contributed by atoms with van der Waals surface area (Å²) in [6, 6.07) is 4.94. The first-order valence-corrected chi connectivity index (χ1v) is 5.43. The fourth-order valence-corrected chi connectivity index (χ4v) is 1.73. The molecule has 0 amide bonds. The van der Waals surface area contributed by atoms with E-state index < -0.39 is 0 Å². The van der Waals surface area contributed by atoms with E-state index >= 15 is 0 Å². The molecular formula is C12H12FN3. The van der Waals surface area contributed by atoms with Gasteiger partial charge >= 0.3 is 0 Å². The number of hydrogen-bond acceptors (Lipinski definition) is 2. The molecule has 3 nitrogen and oxygen atoms in total. The summed E-state index contributed by atoms with van der Waals surface area (Å²) in [5.74, 6) is 1.98. The maximum atomic E-state index is 13.1. The third-order valence-electron chi connectivity index (χ3n) is 2.88. The molecule has 2 aromatic rings. The average Bonchev–Trinajstić information content (AvgIpc) is 3.01. The molecule has 0 atom stereocenters. The van der Waals surface area contributed by atoms with Crippen molar-refractivity contribution in [2.45, 2.75) is 25.7 Å². The number of aryl methyl sites for hydroxylation is 1. The summed E-state index contributed by atoms with van der Waals surface area (Å²) in [6.07, 6.45) is 2.38. The lowest BCUT2D eigenvalue weighted by Crippen LogP contribution is -1.86. The lowest BCUT2D eigenvalue weighted by atomic mass is 10.1. The van der Waals surface area contributed by atoms with Crippen LogP contribution in [-0.2, 0) is 0 Å². The second kappa shape index (κ2) is 3.40. The van der Waals surface area contributed by atoms with E-state index in [1.54, 1.807) is 19.1 Å². The van der Waals surface area contributed by atoms with Crippen LogP contribution in [0.25, 0.3) is 11.4 Å². The van der Waals surface area contributed by atoms with Crippen LogP contribution in [0.2, 0.25) is 0 Å². The van der Waals surface area contributed by atoms with E-state index in [1.807, 2.05) is 0 Å². The van der Waals surface area contributed by atoms with Crippen molar-refractivity contribution in [1.29, 1.82) is 0 Å². The Kier molecular flexibility index (Phi) is 2.02. The van der Waals surface area contributed by atoms with Crippen LogP contribution in [0, 0.1) is 12.7 Å². The molecule has 3 rings (SSSR count). The number of aromatic nitrogens is 3. The molecule has 0 unspecified atom stereocenters. The first-order chi connectivity index (χ1) is 7.74. The highest BCUT2D eigenvalue weighted by molar-refractivity contribution is 5.55. The second-order valence-corrected chi connectivity index (χ2v) is 4.28. The molecule has 16 heavy (non-hydrogen) atoms. The molecule has 82 valence electrons. The fourth-order valence-electron chi connectivity index (χ4n) is 1.73. The van der Waals surface area contributed by atoms with Crippen LogP contribution in [0.15, 0.2) is 18.2 Å². The van der Waals surface area contributed by atoms with Gasteiger partial charge in [0.1, 0.15) is 11.6 Å². The third kappa shape index (κ3) is 1.60. The van der Waals surface area contributed by atoms with Gasteiger partial charge in [-0.3, -0.25) is 5.10 Å². The summed E-state index contributed by atoms with van der Waals surface area (Å²) in [5, 5.41) is 7.11. The molecule has 1 aliphatic carbocycles. The van der Waals surface area contributed by atoms with E-state index in [2.05, 4.69) is 15.2 Å². The lowest BCUT2D eigenvalue weighted by Gasteiger charge is -1.98. The van der Waals surface area contributed by atoms with E-state index in [0.29, 0.717) is 17.3 Å². The Morgan fingerprint density at radius 2 is 2.19 bits per heavy atom. The van der Waals surface area contributed by atoms with E-state index in [0.717, 1.165) is 11.4 Å². The summed E-state index contributed by atoms with van der Waals surface area (Å²) >= 11 is 0. The zero-order valence-corrected chi connectivity index (χ0v) is 9.00. The van der Waals surface area contributed by atoms with Gasteiger partial charge in [-0.05, 0) is 43.5 Å². The van der Waals surface area contributed by atoms with Crippen molar-refractivity contribution in [3.05, 3.63) is 35.4 Å². The molecule has 1 aliphatic rings. The molecule has 0 saturated heterocycles. The standard InChI is InChI=1S/C12H12FN3/c1-7-6-9(4-5-10(7)13)12-14-11(15-16-12)8-2-3-8/h4-6,8H,2-3H2,1H3,(H,14,15,16). The highest BCUT2D eigenvalue weighted by atomic mass is 19.1. The normalized spacial score (nSPS) is 15.4. The Bertz CT molecular complexity index is 529. The molecule has 1 saturated carbocycles. The number of aromatic amines is 1. The van der Waals surface area contributed by atoms with Crippen LogP contribution >= 0.6 is 0 Å². The van der Waals surface area contributed by atoms with Crippen molar-refractivity contribution in [1.82, 2.24) is 15.2 Å². The van der Waals surface area contributed by atoms with Gasteiger partial charge in [-0.2, -0.15) is 5.10 Å². The quantitative estimate of drug-likeness (QED) is 0.840. The Hall–Kier alpha value is -1.71. The van der Waals surface area contributed by atoms with Gasteiger partial charge in [0.25, 0.3) is 0 Å². The number of H-pyrrole nitrogens is 1. The summed E-state index contributed by atoms with van der Waals surface area (Å²) < 4.78 is 13.1. The molecule has 1 aromatic carbocycles. The number of rotatable bonds is 2. The van der Waals surface area contributed by atoms with E-state index in [9.17, 15) is 4.39 Å². The molecule has 1 heterocycles. The Morgan fingerprint density at radius 3 is 2.88 bits per heavy atom. The van der Waals surface area contributed by atoms with Gasteiger partial charge < -0.3 is 0 Å². The maximum absolute atomic E-state index is 13.1. The fraction of sp³-hybridized carbons (Fsp3) is 0.333. The number of benzene rings is 1. The highest BCUT2D eigenvalue weighted by Crippen LogP contribution is 2.38. The second-order valence-electron chi connectivity index (χ2n) is 4.28. The van der Waals surface area contributed by atoms with Gasteiger partial charge in [0.2, 0.25) is 0 Å². The topological polar surface area (TPSA) is 41.6 Å². The molecule has 0 spiro atoms. The van der Waals surface area contributed by atoms with Crippen molar-refractivity contribution in [3.63, 3.8) is 0 Å². The van der Waals surface area contributed by atoms with Gasteiger partial charge in [-0.25, -0.2) is 9.37 Å². The van der Waals surface area contributed by atoms with Crippen LogP contribution in [0.3, 0.4) is 0 Å². The average molecular weight is 217 g/mol. The molecule has 1 aromatic heterocycles. The summed E-state index contributed by atoms with van der Waals surface area (Å²) in [7, 11) is 0. The van der Waals surface area contributed by atoms with Crippen LogP contribution in [0.5, 0.6) is 0 Å². The Labute approximate surface area is 92.7 Å². The molecule has 0 radical (unpaired) electrons. The van der Waals surface area contributed by atoms with Crippen LogP contribution < -0.4 is 0 Å². The number of nitrogens with zero attached hydrogens (tertiary/aromatic N) is 2. The van der Waals surface area contributed by atoms with Gasteiger partial charge in [-0.1, -0.05) is 0 Å².